The van der Waals surface area contributed by atoms with Gasteiger partial charge in [-0.3, -0.25) is 0 Å². The molecule has 0 atom stereocenters. The average molecular weight is 419 g/mol. The molecule has 0 heterocycles. The molecule has 5 nitrogen and oxygen atoms in total. The van der Waals surface area contributed by atoms with Crippen molar-refractivity contribution >= 4 is 39.2 Å². The molecule has 0 amide bonds. The van der Waals surface area contributed by atoms with Gasteiger partial charge in [0.25, 0.3) is 0 Å². The molecule has 0 saturated carbocycles. The van der Waals surface area contributed by atoms with Crippen LogP contribution in [0, 0.1) is 0 Å². The van der Waals surface area contributed by atoms with E-state index in [1.165, 1.54) is 12.1 Å². The molecule has 4 aromatic carbocycles. The second-order valence-corrected chi connectivity index (χ2v) is 6.68. The van der Waals surface area contributed by atoms with Crippen molar-refractivity contribution in [3.05, 3.63) is 90.5 Å². The number of hydrogen-bond donors (Lipinski definition) is 1. The normalized spacial score (nSPS) is 12.2. The van der Waals surface area contributed by atoms with Gasteiger partial charge in [-0.1, -0.05) is 24.3 Å². The molecule has 4 aromatic rings. The molecular weight excluding hydrogens is 403 g/mol. The number of nitrogen functional groups attached to an aromatic ring is 1. The fourth-order valence-electron chi connectivity index (χ4n) is 2.92. The molecule has 0 aliphatic rings. The third-order valence-electron chi connectivity index (χ3n) is 4.53. The molecular formula is C23H16F3N5. The molecule has 0 aliphatic heterocycles. The van der Waals surface area contributed by atoms with E-state index >= 15 is 0 Å². The predicted octanol–water partition coefficient (Wildman–Crippen LogP) is 8.27. The second-order valence-electron chi connectivity index (χ2n) is 6.68. The molecule has 0 spiro atoms. The number of azo groups is 2. The molecule has 0 saturated heterocycles. The molecule has 4 rings (SSSR count). The van der Waals surface area contributed by atoms with Crippen molar-refractivity contribution in [3.8, 4) is 0 Å². The minimum absolute atomic E-state index is 0.326. The van der Waals surface area contributed by atoms with Gasteiger partial charge in [0, 0.05) is 16.5 Å². The first-order valence-electron chi connectivity index (χ1n) is 9.28. The average Bonchev–Trinajstić information content (AvgIpc) is 2.78. The molecule has 0 aliphatic carbocycles. The van der Waals surface area contributed by atoms with Crippen LogP contribution in [0.4, 0.5) is 41.6 Å². The minimum atomic E-state index is -4.38. The Kier molecular flexibility index (Phi) is 5.44. The Balaban J connectivity index is 1.48. The van der Waals surface area contributed by atoms with E-state index in [9.17, 15) is 13.2 Å². The van der Waals surface area contributed by atoms with E-state index in [1.807, 2.05) is 30.3 Å². The highest BCUT2D eigenvalue weighted by Gasteiger charge is 2.29. The Hall–Kier alpha value is -4.07. The van der Waals surface area contributed by atoms with Crippen molar-refractivity contribution in [2.75, 3.05) is 5.73 Å². The van der Waals surface area contributed by atoms with E-state index in [1.54, 1.807) is 30.3 Å². The van der Waals surface area contributed by atoms with Gasteiger partial charge >= 0.3 is 6.18 Å². The summed E-state index contributed by atoms with van der Waals surface area (Å²) in [7, 11) is 0. The summed E-state index contributed by atoms with van der Waals surface area (Å²) < 4.78 is 37.8. The Bertz CT molecular complexity index is 1260. The van der Waals surface area contributed by atoms with Crippen LogP contribution in [0.1, 0.15) is 5.56 Å². The summed E-state index contributed by atoms with van der Waals surface area (Å²) in [6.07, 6.45) is -4.38. The van der Waals surface area contributed by atoms with E-state index in [2.05, 4.69) is 20.5 Å². The number of hydrogen-bond acceptors (Lipinski definition) is 5. The first-order chi connectivity index (χ1) is 14.9. The smallest absolute Gasteiger partial charge is 0.398 e. The monoisotopic (exact) mass is 419 g/mol. The first kappa shape index (κ1) is 20.2. The van der Waals surface area contributed by atoms with Crippen molar-refractivity contribution in [3.63, 3.8) is 0 Å². The zero-order valence-electron chi connectivity index (χ0n) is 16.1. The molecule has 0 unspecified atom stereocenters. The lowest BCUT2D eigenvalue weighted by molar-refractivity contribution is -0.137. The zero-order valence-corrected chi connectivity index (χ0v) is 16.1. The van der Waals surface area contributed by atoms with Gasteiger partial charge in [-0.05, 0) is 60.7 Å². The van der Waals surface area contributed by atoms with E-state index in [0.29, 0.717) is 28.4 Å². The molecule has 0 fully saturated rings. The number of nitrogens with two attached hydrogens (primary N) is 1. The van der Waals surface area contributed by atoms with Gasteiger partial charge in [0.2, 0.25) is 0 Å². The second kappa shape index (κ2) is 8.35. The Labute approximate surface area is 175 Å². The summed E-state index contributed by atoms with van der Waals surface area (Å²) in [5, 5.41) is 18.4. The number of rotatable bonds is 4. The maximum Gasteiger partial charge on any atom is 0.416 e. The maximum atomic E-state index is 12.6. The van der Waals surface area contributed by atoms with Crippen LogP contribution >= 0.6 is 0 Å². The zero-order chi connectivity index (χ0) is 21.8. The van der Waals surface area contributed by atoms with Crippen LogP contribution in [0.25, 0.3) is 10.8 Å². The van der Waals surface area contributed by atoms with Gasteiger partial charge in [-0.15, -0.1) is 5.11 Å². The van der Waals surface area contributed by atoms with Crippen LogP contribution in [0.3, 0.4) is 0 Å². The third-order valence-corrected chi connectivity index (χ3v) is 4.53. The van der Waals surface area contributed by atoms with Gasteiger partial charge < -0.3 is 5.73 Å². The van der Waals surface area contributed by atoms with Gasteiger partial charge in [-0.2, -0.15) is 28.5 Å². The number of fused-ring (bicyclic) bond motifs is 1. The van der Waals surface area contributed by atoms with Gasteiger partial charge in [0.15, 0.2) is 0 Å². The highest BCUT2D eigenvalue weighted by Crippen LogP contribution is 2.32. The highest BCUT2D eigenvalue weighted by atomic mass is 19.4. The predicted molar refractivity (Wildman–Crippen MR) is 115 cm³/mol. The molecule has 31 heavy (non-hydrogen) atoms. The minimum Gasteiger partial charge on any atom is -0.398 e. The van der Waals surface area contributed by atoms with E-state index in [0.717, 1.165) is 22.9 Å². The quantitative estimate of drug-likeness (QED) is 0.262. The van der Waals surface area contributed by atoms with Crippen LogP contribution in [0.15, 0.2) is 105 Å². The summed E-state index contributed by atoms with van der Waals surface area (Å²) in [5.74, 6) is 0. The molecule has 0 radical (unpaired) electrons. The van der Waals surface area contributed by atoms with Crippen molar-refractivity contribution < 1.29 is 13.2 Å². The Morgan fingerprint density at radius 1 is 0.548 bits per heavy atom. The molecule has 2 N–H and O–H groups in total. The number of halogens is 3. The SMILES string of the molecule is Nc1ccc(/N=N/c2ccc(/N=N/c3ccc(C(F)(F)F)cc3)cc2)c2ccccc12. The van der Waals surface area contributed by atoms with Gasteiger partial charge in [0.1, 0.15) is 0 Å². The molecule has 8 heteroatoms. The summed E-state index contributed by atoms with van der Waals surface area (Å²) >= 11 is 0. The lowest BCUT2D eigenvalue weighted by atomic mass is 10.1. The summed E-state index contributed by atoms with van der Waals surface area (Å²) in [4.78, 5) is 0. The lowest BCUT2D eigenvalue weighted by Gasteiger charge is -2.05. The number of anilines is 1. The van der Waals surface area contributed by atoms with Crippen LogP contribution < -0.4 is 5.73 Å². The summed E-state index contributed by atoms with van der Waals surface area (Å²) in [5.41, 5.74) is 8.14. The van der Waals surface area contributed by atoms with E-state index < -0.39 is 11.7 Å². The lowest BCUT2D eigenvalue weighted by Crippen LogP contribution is -2.03. The third kappa shape index (κ3) is 4.75. The van der Waals surface area contributed by atoms with Crippen molar-refractivity contribution in [1.82, 2.24) is 0 Å². The number of benzene rings is 4. The standard InChI is InChI=1S/C23H16F3N5/c24-23(25,26)15-5-7-16(8-6-15)28-29-17-9-11-18(12-10-17)30-31-22-14-13-21(27)19-3-1-2-4-20(19)22/h1-14H,27H2/b29-28+,31-30+. The van der Waals surface area contributed by atoms with Crippen LogP contribution in [-0.4, -0.2) is 0 Å². The highest BCUT2D eigenvalue weighted by molar-refractivity contribution is 5.99. The summed E-state index contributed by atoms with van der Waals surface area (Å²) in [6, 6.07) is 22.6. The molecule has 0 aromatic heterocycles. The van der Waals surface area contributed by atoms with Crippen molar-refractivity contribution in [1.29, 1.82) is 0 Å². The topological polar surface area (TPSA) is 75.5 Å². The number of alkyl halides is 3. The Morgan fingerprint density at radius 2 is 1.03 bits per heavy atom. The largest absolute Gasteiger partial charge is 0.416 e. The van der Waals surface area contributed by atoms with Crippen LogP contribution in [-0.2, 0) is 6.18 Å². The van der Waals surface area contributed by atoms with E-state index in [-0.39, 0.29) is 0 Å². The Morgan fingerprint density at radius 3 is 1.58 bits per heavy atom. The maximum absolute atomic E-state index is 12.6. The fourth-order valence-corrected chi connectivity index (χ4v) is 2.92. The number of nitrogens with zero attached hydrogens (tertiary/aromatic N) is 4. The fraction of sp³-hybridized carbons (Fsp3) is 0.0435. The first-order valence-corrected chi connectivity index (χ1v) is 9.28. The van der Waals surface area contributed by atoms with Gasteiger partial charge in [-0.25, -0.2) is 0 Å². The summed E-state index contributed by atoms with van der Waals surface area (Å²) in [6.45, 7) is 0. The van der Waals surface area contributed by atoms with Gasteiger partial charge in [0.05, 0.1) is 28.3 Å². The van der Waals surface area contributed by atoms with Crippen LogP contribution in [0.2, 0.25) is 0 Å². The molecule has 0 bridgehead atoms. The van der Waals surface area contributed by atoms with Crippen molar-refractivity contribution in [2.45, 2.75) is 6.18 Å². The van der Waals surface area contributed by atoms with E-state index in [4.69, 9.17) is 5.73 Å². The van der Waals surface area contributed by atoms with Crippen molar-refractivity contribution in [2.24, 2.45) is 20.5 Å². The molecule has 154 valence electrons. The van der Waals surface area contributed by atoms with Crippen LogP contribution in [0.5, 0.6) is 0 Å².